The van der Waals surface area contributed by atoms with Crippen molar-refractivity contribution in [2.45, 2.75) is 58.4 Å². The van der Waals surface area contributed by atoms with E-state index in [0.717, 1.165) is 12.8 Å². The molecule has 3 heteroatoms. The van der Waals surface area contributed by atoms with Crippen molar-refractivity contribution >= 4 is 38.7 Å². The molecule has 0 saturated carbocycles. The van der Waals surface area contributed by atoms with Gasteiger partial charge in [-0.25, -0.2) is 0 Å². The Morgan fingerprint density at radius 3 is 2.19 bits per heavy atom. The van der Waals surface area contributed by atoms with E-state index in [4.69, 9.17) is 6.58 Å². The summed E-state index contributed by atoms with van der Waals surface area (Å²) in [6.07, 6.45) is 4.40. The van der Waals surface area contributed by atoms with Crippen molar-refractivity contribution in [3.8, 4) is 38.5 Å². The number of aryl methyl sites for hydroxylation is 1. The van der Waals surface area contributed by atoms with Gasteiger partial charge in [-0.05, 0) is 82.3 Å². The smallest absolute Gasteiger partial charge is 0.270 e. The molecule has 2 aromatic heterocycles. The first-order valence-electron chi connectivity index (χ1n) is 16.9. The number of para-hydroxylation sites is 1. The second-order valence-electron chi connectivity index (χ2n) is 14.0. The second-order valence-corrected chi connectivity index (χ2v) is 15.2. The Bertz CT molecular complexity index is 2430. The van der Waals surface area contributed by atoms with Gasteiger partial charge >= 0.3 is 0 Å². The van der Waals surface area contributed by atoms with E-state index in [2.05, 4.69) is 153 Å². The molecule has 1 aliphatic heterocycles. The Kier molecular flexibility index (Phi) is 5.99. The second kappa shape index (κ2) is 9.89. The number of hydrogen-bond donors (Lipinski definition) is 0. The van der Waals surface area contributed by atoms with Gasteiger partial charge in [0.2, 0.25) is 0 Å². The number of thiazole rings is 1. The quantitative estimate of drug-likeness (QED) is 0.172. The lowest BCUT2D eigenvalue weighted by atomic mass is 9.77. The molecule has 230 valence electrons. The van der Waals surface area contributed by atoms with Crippen LogP contribution in [0.25, 0.3) is 65.9 Å². The normalized spacial score (nSPS) is 15.5. The van der Waals surface area contributed by atoms with Gasteiger partial charge in [-0.3, -0.25) is 0 Å². The molecule has 0 atom stereocenters. The van der Waals surface area contributed by atoms with Crippen molar-refractivity contribution in [1.82, 2.24) is 4.57 Å². The topological polar surface area (TPSA) is 8.81 Å². The predicted molar refractivity (Wildman–Crippen MR) is 200 cm³/mol. The predicted octanol–water partition coefficient (Wildman–Crippen LogP) is 11.6. The highest BCUT2D eigenvalue weighted by Gasteiger charge is 2.48. The number of allylic oxidation sites excluding steroid dienone is 1. The zero-order valence-electron chi connectivity index (χ0n) is 27.8. The van der Waals surface area contributed by atoms with Crippen molar-refractivity contribution in [3.05, 3.63) is 137 Å². The van der Waals surface area contributed by atoms with Crippen LogP contribution in [0.1, 0.15) is 62.1 Å². The first kappa shape index (κ1) is 28.5. The molecule has 0 radical (unpaired) electrons. The van der Waals surface area contributed by atoms with Crippen LogP contribution in [0.5, 0.6) is 0 Å². The molecule has 0 amide bonds. The molecule has 0 fully saturated rings. The van der Waals surface area contributed by atoms with Gasteiger partial charge < -0.3 is 4.57 Å². The van der Waals surface area contributed by atoms with Crippen molar-refractivity contribution in [2.24, 2.45) is 0 Å². The zero-order chi connectivity index (χ0) is 32.2. The highest BCUT2D eigenvalue weighted by molar-refractivity contribution is 7.14. The van der Waals surface area contributed by atoms with Gasteiger partial charge in [0.05, 0.1) is 21.5 Å². The summed E-state index contributed by atoms with van der Waals surface area (Å²) in [6, 6.07) is 38.7. The average Bonchev–Trinajstić information content (AvgIpc) is 3.72. The molecule has 0 spiro atoms. The molecule has 9 rings (SSSR count). The fourth-order valence-corrected chi connectivity index (χ4v) is 9.85. The van der Waals surface area contributed by atoms with E-state index >= 15 is 0 Å². The number of benzene rings is 5. The molecule has 5 aromatic carbocycles. The van der Waals surface area contributed by atoms with Crippen LogP contribution in [0.3, 0.4) is 0 Å². The van der Waals surface area contributed by atoms with Gasteiger partial charge in [0.25, 0.3) is 5.01 Å². The van der Waals surface area contributed by atoms with Gasteiger partial charge in [0.15, 0.2) is 11.7 Å². The van der Waals surface area contributed by atoms with E-state index in [1.165, 1.54) is 87.5 Å². The van der Waals surface area contributed by atoms with Crippen LogP contribution in [0.4, 0.5) is 0 Å². The molecule has 2 nitrogen and oxygen atoms in total. The van der Waals surface area contributed by atoms with E-state index < -0.39 is 0 Å². The van der Waals surface area contributed by atoms with Crippen LogP contribution >= 0.6 is 11.3 Å². The Morgan fingerprint density at radius 2 is 1.40 bits per heavy atom. The van der Waals surface area contributed by atoms with E-state index in [1.807, 2.05) is 11.3 Å². The molecule has 0 saturated heterocycles. The zero-order valence-corrected chi connectivity index (χ0v) is 28.6. The minimum Gasteiger partial charge on any atom is -0.309 e. The van der Waals surface area contributed by atoms with E-state index in [9.17, 15) is 0 Å². The lowest BCUT2D eigenvalue weighted by molar-refractivity contribution is -0.738. The Labute approximate surface area is 281 Å². The molecule has 3 heterocycles. The van der Waals surface area contributed by atoms with Gasteiger partial charge in [-0.1, -0.05) is 112 Å². The summed E-state index contributed by atoms with van der Waals surface area (Å²) in [5.74, 6) is 0. The molecule has 0 N–H and O–H groups in total. The minimum atomic E-state index is -0.123. The highest BCUT2D eigenvalue weighted by atomic mass is 32.1. The number of rotatable bonds is 4. The Morgan fingerprint density at radius 1 is 0.681 bits per heavy atom. The van der Waals surface area contributed by atoms with Crippen LogP contribution < -0.4 is 4.57 Å². The van der Waals surface area contributed by atoms with Gasteiger partial charge in [0.1, 0.15) is 0 Å². The largest absolute Gasteiger partial charge is 0.309 e. The molecular weight excluding hydrogens is 589 g/mol. The van der Waals surface area contributed by atoms with Crippen LogP contribution in [-0.2, 0) is 11.0 Å². The van der Waals surface area contributed by atoms with Gasteiger partial charge in [-0.15, -0.1) is 0 Å². The Balaban J connectivity index is 1.27. The first-order valence-corrected chi connectivity index (χ1v) is 17.7. The maximum absolute atomic E-state index is 4.73. The third kappa shape index (κ3) is 3.75. The number of nitrogens with zero attached hydrogens (tertiary/aromatic N) is 2. The number of aromatic nitrogens is 2. The Hall–Kier alpha value is -4.73. The summed E-state index contributed by atoms with van der Waals surface area (Å²) >= 11 is 1.90. The monoisotopic (exact) mass is 627 g/mol. The molecule has 0 unspecified atom stereocenters. The maximum Gasteiger partial charge on any atom is 0.270 e. The molecule has 2 aliphatic rings. The van der Waals surface area contributed by atoms with Crippen LogP contribution in [-0.4, -0.2) is 4.57 Å². The highest BCUT2D eigenvalue weighted by Crippen LogP contribution is 2.52. The fourth-order valence-electron chi connectivity index (χ4n) is 8.78. The molecule has 0 bridgehead atoms. The van der Waals surface area contributed by atoms with Gasteiger partial charge in [-0.2, -0.15) is 4.57 Å². The SMILES string of the molecule is C=C1c2ccc(-n3c4ccccc4c4cc5c(cc43)C(C)(C)c3cc(-c4ccccc4)ccc3-5)cc2-c2sc(C)c[n+]2C1(CC)CC. The summed E-state index contributed by atoms with van der Waals surface area (Å²) in [5.41, 5.74) is 15.3. The van der Waals surface area contributed by atoms with Crippen LogP contribution in [0.15, 0.2) is 116 Å². The standard InChI is InChI=1S/C44H39N2S/c1-7-44(8-2)28(4)32-21-19-31(23-37(32)42-45(44)26-27(3)47-42)46-40-17-13-12-16-34(40)36-24-35-33-20-18-30(29-14-10-9-11-15-29)22-38(33)43(5,6)39(35)25-41(36)46/h9-26H,4,7-8H2,1-3,5-6H3/q+1. The fraction of sp³-hybridized carbons (Fsp3) is 0.205. The van der Waals surface area contributed by atoms with Crippen molar-refractivity contribution in [2.75, 3.05) is 0 Å². The lowest BCUT2D eigenvalue weighted by Crippen LogP contribution is -2.58. The van der Waals surface area contributed by atoms with Crippen molar-refractivity contribution in [1.29, 1.82) is 0 Å². The first-order chi connectivity index (χ1) is 22.8. The van der Waals surface area contributed by atoms with Crippen LogP contribution in [0.2, 0.25) is 0 Å². The summed E-state index contributed by atoms with van der Waals surface area (Å²) in [6.45, 7) is 16.3. The van der Waals surface area contributed by atoms with E-state index in [-0.39, 0.29) is 11.0 Å². The van der Waals surface area contributed by atoms with Crippen molar-refractivity contribution < 1.29 is 4.57 Å². The summed E-state index contributed by atoms with van der Waals surface area (Å²) in [5, 5.41) is 3.93. The summed E-state index contributed by atoms with van der Waals surface area (Å²) in [4.78, 5) is 1.34. The summed E-state index contributed by atoms with van der Waals surface area (Å²) in [7, 11) is 0. The molecule has 1 aliphatic carbocycles. The van der Waals surface area contributed by atoms with Crippen molar-refractivity contribution in [3.63, 3.8) is 0 Å². The lowest BCUT2D eigenvalue weighted by Gasteiger charge is -2.33. The van der Waals surface area contributed by atoms with E-state index in [1.54, 1.807) is 0 Å². The number of hydrogen-bond acceptors (Lipinski definition) is 1. The molecule has 7 aromatic rings. The van der Waals surface area contributed by atoms with Crippen LogP contribution in [0, 0.1) is 6.92 Å². The minimum absolute atomic E-state index is 0.0804. The molecular formula is C44H39N2S+. The summed E-state index contributed by atoms with van der Waals surface area (Å²) < 4.78 is 5.03. The maximum atomic E-state index is 4.73. The molecule has 47 heavy (non-hydrogen) atoms. The van der Waals surface area contributed by atoms with E-state index in [0.29, 0.717) is 0 Å². The third-order valence-electron chi connectivity index (χ3n) is 11.4. The van der Waals surface area contributed by atoms with Gasteiger partial charge in [0, 0.05) is 40.3 Å². The average molecular weight is 628 g/mol. The third-order valence-corrected chi connectivity index (χ3v) is 12.4. The number of fused-ring (bicyclic) bond motifs is 9.